The Bertz CT molecular complexity index is 280. The topological polar surface area (TPSA) is 47.9 Å². The Labute approximate surface area is 113 Å². The molecule has 4 atom stereocenters. The third kappa shape index (κ3) is 3.17. The van der Waals surface area contributed by atoms with Crippen LogP contribution in [0.4, 0.5) is 0 Å². The maximum Gasteiger partial charge on any atom is 0.192 e. The van der Waals surface area contributed by atoms with Gasteiger partial charge in [-0.2, -0.15) is 0 Å². The molecule has 6 heteroatoms. The molecular weight excluding hydrogens is 247 g/mol. The van der Waals surface area contributed by atoms with Crippen LogP contribution in [0, 0.1) is 0 Å². The molecule has 2 unspecified atom stereocenters. The first-order valence-corrected chi connectivity index (χ1v) is 9.52. The first-order valence-electron chi connectivity index (χ1n) is 6.61. The molecule has 0 aromatic rings. The van der Waals surface area contributed by atoms with Crippen molar-refractivity contribution in [1.82, 2.24) is 0 Å². The van der Waals surface area contributed by atoms with E-state index in [0.717, 1.165) is 0 Å². The molecule has 1 fully saturated rings. The minimum Gasteiger partial charge on any atom is -0.408 e. The van der Waals surface area contributed by atoms with Crippen LogP contribution in [0.5, 0.6) is 0 Å². The minimum absolute atomic E-state index is 0.0243. The maximum atomic E-state index is 9.42. The van der Waals surface area contributed by atoms with Gasteiger partial charge >= 0.3 is 0 Å². The van der Waals surface area contributed by atoms with E-state index < -0.39 is 8.32 Å². The van der Waals surface area contributed by atoms with Crippen molar-refractivity contribution in [2.75, 3.05) is 13.7 Å². The summed E-state index contributed by atoms with van der Waals surface area (Å²) in [6.45, 7) is 11.0. The lowest BCUT2D eigenvalue weighted by atomic mass is 9.93. The van der Waals surface area contributed by atoms with Crippen LogP contribution in [0.15, 0.2) is 0 Å². The SMILES string of the molecule is B[C@@H]1O[C@H](CO)C(O[Si](C)(C)C(C)(C)C)C1OC. The second-order valence-electron chi connectivity index (χ2n) is 6.61. The molecule has 0 amide bonds. The van der Waals surface area contributed by atoms with E-state index in [1.54, 1.807) is 7.11 Å². The summed E-state index contributed by atoms with van der Waals surface area (Å²) in [5, 5.41) is 9.56. The Balaban J connectivity index is 2.85. The van der Waals surface area contributed by atoms with Gasteiger partial charge in [0.05, 0.1) is 12.6 Å². The summed E-state index contributed by atoms with van der Waals surface area (Å²) >= 11 is 0. The van der Waals surface area contributed by atoms with E-state index in [1.807, 2.05) is 7.85 Å². The van der Waals surface area contributed by atoms with Gasteiger partial charge in [0.1, 0.15) is 26.2 Å². The summed E-state index contributed by atoms with van der Waals surface area (Å²) in [6, 6.07) is -0.0399. The largest absolute Gasteiger partial charge is 0.408 e. The van der Waals surface area contributed by atoms with Crippen molar-refractivity contribution >= 4 is 16.2 Å². The van der Waals surface area contributed by atoms with Crippen molar-refractivity contribution in [3.8, 4) is 0 Å². The fraction of sp³-hybridized carbons (Fsp3) is 1.00. The number of aliphatic hydroxyl groups is 1. The van der Waals surface area contributed by atoms with Crippen molar-refractivity contribution in [2.24, 2.45) is 0 Å². The standard InChI is InChI=1S/C12H27BO4Si/c1-12(2,3)18(5,6)17-9-8(7-14)16-11(13)10(9)15-4/h8-11,14H,7,13H2,1-6H3/t8-,9?,10?,11-/m1/s1. The molecule has 1 saturated heterocycles. The quantitative estimate of drug-likeness (QED) is 0.768. The monoisotopic (exact) mass is 274 g/mol. The van der Waals surface area contributed by atoms with Gasteiger partial charge < -0.3 is 19.0 Å². The number of methoxy groups -OCH3 is 1. The average molecular weight is 274 g/mol. The van der Waals surface area contributed by atoms with E-state index in [4.69, 9.17) is 13.9 Å². The predicted molar refractivity (Wildman–Crippen MR) is 77.2 cm³/mol. The van der Waals surface area contributed by atoms with Gasteiger partial charge in [0.2, 0.25) is 0 Å². The molecule has 0 spiro atoms. The average Bonchev–Trinajstić information content (AvgIpc) is 2.52. The number of rotatable bonds is 4. The van der Waals surface area contributed by atoms with Crippen molar-refractivity contribution < 1.29 is 19.0 Å². The highest BCUT2D eigenvalue weighted by molar-refractivity contribution is 6.74. The summed E-state index contributed by atoms with van der Waals surface area (Å²) in [5.41, 5.74) is 0. The van der Waals surface area contributed by atoms with E-state index in [-0.39, 0.29) is 36.0 Å². The first kappa shape index (κ1) is 16.2. The summed E-state index contributed by atoms with van der Waals surface area (Å²) < 4.78 is 17.6. The Morgan fingerprint density at radius 2 is 1.83 bits per heavy atom. The van der Waals surface area contributed by atoms with Crippen LogP contribution in [0.25, 0.3) is 0 Å². The van der Waals surface area contributed by atoms with Crippen LogP contribution in [0.3, 0.4) is 0 Å². The number of aliphatic hydroxyl groups excluding tert-OH is 1. The second kappa shape index (κ2) is 5.63. The van der Waals surface area contributed by atoms with E-state index in [2.05, 4.69) is 33.9 Å². The molecule has 1 heterocycles. The fourth-order valence-corrected chi connectivity index (χ4v) is 3.36. The number of ether oxygens (including phenoxy) is 2. The van der Waals surface area contributed by atoms with Gasteiger partial charge in [-0.15, -0.1) is 0 Å². The van der Waals surface area contributed by atoms with Gasteiger partial charge in [0, 0.05) is 7.11 Å². The molecule has 1 N–H and O–H groups in total. The zero-order valence-electron chi connectivity index (χ0n) is 12.7. The lowest BCUT2D eigenvalue weighted by molar-refractivity contribution is -0.00765. The Hall–Kier alpha value is 0.122. The lowest BCUT2D eigenvalue weighted by Crippen LogP contribution is -2.50. The summed E-state index contributed by atoms with van der Waals surface area (Å²) in [6.07, 6.45) is -0.550. The molecule has 0 aliphatic carbocycles. The molecule has 0 bridgehead atoms. The highest BCUT2D eigenvalue weighted by atomic mass is 28.4. The van der Waals surface area contributed by atoms with Gasteiger partial charge in [-0.3, -0.25) is 0 Å². The van der Waals surface area contributed by atoms with Gasteiger partial charge in [0.15, 0.2) is 8.32 Å². The zero-order valence-corrected chi connectivity index (χ0v) is 13.7. The fourth-order valence-electron chi connectivity index (χ4n) is 2.04. The van der Waals surface area contributed by atoms with Gasteiger partial charge in [0.25, 0.3) is 0 Å². The molecule has 0 radical (unpaired) electrons. The third-order valence-electron chi connectivity index (χ3n) is 4.23. The van der Waals surface area contributed by atoms with Crippen molar-refractivity contribution in [3.05, 3.63) is 0 Å². The van der Waals surface area contributed by atoms with E-state index in [1.165, 1.54) is 0 Å². The van der Waals surface area contributed by atoms with Crippen molar-refractivity contribution in [2.45, 2.75) is 63.2 Å². The van der Waals surface area contributed by atoms with Crippen LogP contribution in [-0.2, 0) is 13.9 Å². The molecule has 1 aliphatic rings. The van der Waals surface area contributed by atoms with Gasteiger partial charge in [-0.25, -0.2) is 0 Å². The molecule has 4 nitrogen and oxygen atoms in total. The van der Waals surface area contributed by atoms with Crippen LogP contribution < -0.4 is 0 Å². The summed E-state index contributed by atoms with van der Waals surface area (Å²) in [5.74, 6) is 0. The molecule has 106 valence electrons. The van der Waals surface area contributed by atoms with Crippen molar-refractivity contribution in [3.63, 3.8) is 0 Å². The van der Waals surface area contributed by atoms with E-state index >= 15 is 0 Å². The van der Waals surface area contributed by atoms with Crippen LogP contribution >= 0.6 is 0 Å². The Kier molecular flexibility index (Phi) is 5.06. The number of hydrogen-bond donors (Lipinski definition) is 1. The summed E-state index contributed by atoms with van der Waals surface area (Å²) in [7, 11) is 1.75. The first-order chi connectivity index (χ1) is 8.14. The summed E-state index contributed by atoms with van der Waals surface area (Å²) in [4.78, 5) is 0. The lowest BCUT2D eigenvalue weighted by Gasteiger charge is -2.40. The van der Waals surface area contributed by atoms with Crippen LogP contribution in [0.2, 0.25) is 18.1 Å². The smallest absolute Gasteiger partial charge is 0.192 e. The maximum absolute atomic E-state index is 9.42. The van der Waals surface area contributed by atoms with E-state index in [9.17, 15) is 5.11 Å². The highest BCUT2D eigenvalue weighted by Gasteiger charge is 2.48. The predicted octanol–water partition coefficient (Wildman–Crippen LogP) is 0.742. The molecule has 0 aromatic heterocycles. The van der Waals surface area contributed by atoms with Crippen molar-refractivity contribution in [1.29, 1.82) is 0 Å². The molecular formula is C12H27BO4Si. The zero-order chi connectivity index (χ0) is 14.1. The van der Waals surface area contributed by atoms with Crippen LogP contribution in [-0.4, -0.2) is 59.3 Å². The molecule has 0 aromatic carbocycles. The second-order valence-corrected chi connectivity index (χ2v) is 11.4. The number of hydrogen-bond acceptors (Lipinski definition) is 4. The Morgan fingerprint density at radius 1 is 1.28 bits per heavy atom. The van der Waals surface area contributed by atoms with Gasteiger partial charge in [-0.05, 0) is 18.1 Å². The van der Waals surface area contributed by atoms with Gasteiger partial charge in [-0.1, -0.05) is 20.8 Å². The van der Waals surface area contributed by atoms with E-state index in [0.29, 0.717) is 0 Å². The molecule has 1 rings (SSSR count). The highest BCUT2D eigenvalue weighted by Crippen LogP contribution is 2.39. The Morgan fingerprint density at radius 3 is 2.22 bits per heavy atom. The molecule has 0 saturated carbocycles. The minimum atomic E-state index is -1.89. The molecule has 1 aliphatic heterocycles. The third-order valence-corrected chi connectivity index (χ3v) is 8.71. The molecule has 18 heavy (non-hydrogen) atoms. The normalized spacial score (nSPS) is 33.9. The van der Waals surface area contributed by atoms with Crippen LogP contribution in [0.1, 0.15) is 20.8 Å².